The molecule has 0 aliphatic rings. The Bertz CT molecular complexity index is 1070. The van der Waals surface area contributed by atoms with Gasteiger partial charge in [0.2, 0.25) is 15.8 Å². The molecule has 0 aliphatic carbocycles. The molecular weight excluding hydrogens is 402 g/mol. The lowest BCUT2D eigenvalue weighted by atomic mass is 10.1. The summed E-state index contributed by atoms with van der Waals surface area (Å²) in [4.78, 5) is 14.5. The number of aryl methyl sites for hydroxylation is 2. The van der Waals surface area contributed by atoms with Crippen molar-refractivity contribution in [3.05, 3.63) is 67.5 Å². The molecule has 1 N–H and O–H groups in total. The van der Waals surface area contributed by atoms with Gasteiger partial charge in [0.15, 0.2) is 0 Å². The van der Waals surface area contributed by atoms with Crippen LogP contribution >= 0.6 is 22.7 Å². The molecule has 0 bridgehead atoms. The Hall–Kier alpha value is -2.00. The topological polar surface area (TPSA) is 72.5 Å². The molecule has 5 nitrogen and oxygen atoms in total. The lowest BCUT2D eigenvalue weighted by Gasteiger charge is -2.13. The molecule has 0 spiro atoms. The average molecular weight is 422 g/mol. The number of methoxy groups -OCH3 is 1. The highest BCUT2D eigenvalue weighted by Gasteiger charge is 2.21. The molecule has 0 atom stereocenters. The van der Waals surface area contributed by atoms with Crippen molar-refractivity contribution in [3.63, 3.8) is 0 Å². The zero-order valence-corrected chi connectivity index (χ0v) is 17.6. The fourth-order valence-electron chi connectivity index (χ4n) is 2.50. The summed E-state index contributed by atoms with van der Waals surface area (Å²) in [5.74, 6) is 0.269. The number of ether oxygens (including phenoxy) is 1. The molecule has 1 aromatic carbocycles. The SMILES string of the molecule is COc1cc(C)c(C)cc1S(=O)(=O)NCc1ccc(C(=O)c2cccs2)s1. The van der Waals surface area contributed by atoms with Crippen LogP contribution < -0.4 is 9.46 Å². The van der Waals surface area contributed by atoms with Crippen LogP contribution in [-0.2, 0) is 16.6 Å². The van der Waals surface area contributed by atoms with Crippen molar-refractivity contribution in [1.29, 1.82) is 0 Å². The number of rotatable bonds is 7. The quantitative estimate of drug-likeness (QED) is 0.582. The van der Waals surface area contributed by atoms with Gasteiger partial charge in [0.1, 0.15) is 10.6 Å². The summed E-state index contributed by atoms with van der Waals surface area (Å²) in [7, 11) is -2.30. The summed E-state index contributed by atoms with van der Waals surface area (Å²) in [5, 5.41) is 1.85. The number of carbonyl (C=O) groups is 1. The third-order valence-electron chi connectivity index (χ3n) is 4.14. The standard InChI is InChI=1S/C19H19NO4S3/c1-12-9-15(24-3)18(10-13(12)2)27(22,23)20-11-14-6-7-17(26-14)19(21)16-5-4-8-25-16/h4-10,20H,11H2,1-3H3. The van der Waals surface area contributed by atoms with E-state index in [-0.39, 0.29) is 17.2 Å². The van der Waals surface area contributed by atoms with Gasteiger partial charge in [-0.25, -0.2) is 13.1 Å². The first-order chi connectivity index (χ1) is 12.8. The summed E-state index contributed by atoms with van der Waals surface area (Å²) in [5.41, 5.74) is 1.83. The Kier molecular flexibility index (Phi) is 5.81. The van der Waals surface area contributed by atoms with Crippen molar-refractivity contribution in [2.24, 2.45) is 0 Å². The summed E-state index contributed by atoms with van der Waals surface area (Å²) in [6, 6.07) is 10.4. The Labute approximate surface area is 166 Å². The van der Waals surface area contributed by atoms with Gasteiger partial charge in [-0.15, -0.1) is 22.7 Å². The van der Waals surface area contributed by atoms with Crippen molar-refractivity contribution >= 4 is 38.5 Å². The minimum atomic E-state index is -3.75. The first-order valence-electron chi connectivity index (χ1n) is 8.13. The van der Waals surface area contributed by atoms with E-state index in [0.29, 0.717) is 15.5 Å². The highest BCUT2D eigenvalue weighted by atomic mass is 32.2. The van der Waals surface area contributed by atoms with Crippen LogP contribution in [0.15, 0.2) is 46.7 Å². The third-order valence-corrected chi connectivity index (χ3v) is 7.51. The lowest BCUT2D eigenvalue weighted by Crippen LogP contribution is -2.23. The van der Waals surface area contributed by atoms with Crippen LogP contribution in [0.5, 0.6) is 5.75 Å². The summed E-state index contributed by atoms with van der Waals surface area (Å²) in [6.07, 6.45) is 0. The predicted octanol–water partition coefficient (Wildman–Crippen LogP) is 4.14. The van der Waals surface area contributed by atoms with E-state index in [9.17, 15) is 13.2 Å². The normalized spacial score (nSPS) is 11.5. The van der Waals surface area contributed by atoms with E-state index in [4.69, 9.17) is 4.74 Å². The van der Waals surface area contributed by atoms with Crippen LogP contribution in [0.2, 0.25) is 0 Å². The molecule has 2 aromatic heterocycles. The van der Waals surface area contributed by atoms with Crippen LogP contribution in [0.25, 0.3) is 0 Å². The van der Waals surface area contributed by atoms with E-state index in [1.165, 1.54) is 29.8 Å². The molecule has 8 heteroatoms. The number of benzene rings is 1. The molecule has 0 fully saturated rings. The Morgan fingerprint density at radius 3 is 2.52 bits per heavy atom. The maximum Gasteiger partial charge on any atom is 0.244 e. The highest BCUT2D eigenvalue weighted by molar-refractivity contribution is 7.89. The van der Waals surface area contributed by atoms with Crippen LogP contribution in [-0.4, -0.2) is 21.3 Å². The number of hydrogen-bond acceptors (Lipinski definition) is 6. The zero-order chi connectivity index (χ0) is 19.6. The van der Waals surface area contributed by atoms with Crippen molar-refractivity contribution in [2.45, 2.75) is 25.3 Å². The first-order valence-corrected chi connectivity index (χ1v) is 11.3. The van der Waals surface area contributed by atoms with Crippen LogP contribution in [0.4, 0.5) is 0 Å². The molecule has 0 unspecified atom stereocenters. The number of ketones is 1. The zero-order valence-electron chi connectivity index (χ0n) is 15.1. The van der Waals surface area contributed by atoms with Gasteiger partial charge < -0.3 is 4.74 Å². The van der Waals surface area contributed by atoms with Crippen molar-refractivity contribution in [2.75, 3.05) is 7.11 Å². The number of nitrogens with one attached hydrogen (secondary N) is 1. The lowest BCUT2D eigenvalue weighted by molar-refractivity contribution is 0.104. The second kappa shape index (κ2) is 7.93. The van der Waals surface area contributed by atoms with Gasteiger partial charge in [0, 0.05) is 11.4 Å². The van der Waals surface area contributed by atoms with E-state index in [1.807, 2.05) is 25.3 Å². The fraction of sp³-hybridized carbons (Fsp3) is 0.211. The van der Waals surface area contributed by atoms with Gasteiger partial charge in [-0.05, 0) is 60.7 Å². The Morgan fingerprint density at radius 2 is 1.85 bits per heavy atom. The number of hydrogen-bond donors (Lipinski definition) is 1. The largest absolute Gasteiger partial charge is 0.495 e. The third kappa shape index (κ3) is 4.30. The predicted molar refractivity (Wildman–Crippen MR) is 109 cm³/mol. The van der Waals surface area contributed by atoms with Gasteiger partial charge in [-0.1, -0.05) is 6.07 Å². The second-order valence-corrected chi connectivity index (χ2v) is 9.84. The summed E-state index contributed by atoms with van der Waals surface area (Å²) >= 11 is 2.68. The molecule has 0 radical (unpaired) electrons. The molecule has 27 heavy (non-hydrogen) atoms. The summed E-state index contributed by atoms with van der Waals surface area (Å²) < 4.78 is 33.3. The minimum Gasteiger partial charge on any atom is -0.495 e. The van der Waals surface area contributed by atoms with E-state index in [0.717, 1.165) is 16.0 Å². The molecule has 0 saturated carbocycles. The van der Waals surface area contributed by atoms with E-state index in [1.54, 1.807) is 30.3 Å². The first kappa shape index (κ1) is 19.8. The van der Waals surface area contributed by atoms with E-state index in [2.05, 4.69) is 4.72 Å². The van der Waals surface area contributed by atoms with Gasteiger partial charge in [0.25, 0.3) is 0 Å². The van der Waals surface area contributed by atoms with Crippen molar-refractivity contribution < 1.29 is 17.9 Å². The molecule has 0 aliphatic heterocycles. The Morgan fingerprint density at radius 1 is 1.11 bits per heavy atom. The molecule has 2 heterocycles. The van der Waals surface area contributed by atoms with Crippen LogP contribution in [0.1, 0.15) is 30.6 Å². The fourth-order valence-corrected chi connectivity index (χ4v) is 5.48. The second-order valence-electron chi connectivity index (χ2n) is 5.98. The maximum atomic E-state index is 12.7. The maximum absolute atomic E-state index is 12.7. The van der Waals surface area contributed by atoms with E-state index >= 15 is 0 Å². The minimum absolute atomic E-state index is 0.0417. The van der Waals surface area contributed by atoms with Crippen LogP contribution in [0.3, 0.4) is 0 Å². The van der Waals surface area contributed by atoms with Gasteiger partial charge in [-0.2, -0.15) is 0 Å². The van der Waals surface area contributed by atoms with Crippen molar-refractivity contribution in [3.8, 4) is 5.75 Å². The number of thiophene rings is 2. The van der Waals surface area contributed by atoms with Crippen molar-refractivity contribution in [1.82, 2.24) is 4.72 Å². The molecule has 142 valence electrons. The molecule has 0 amide bonds. The van der Waals surface area contributed by atoms with E-state index < -0.39 is 10.0 Å². The molecule has 3 rings (SSSR count). The van der Waals surface area contributed by atoms with Gasteiger partial charge >= 0.3 is 0 Å². The average Bonchev–Trinajstić information content (AvgIpc) is 3.33. The highest BCUT2D eigenvalue weighted by Crippen LogP contribution is 2.28. The Balaban J connectivity index is 1.77. The molecular formula is C19H19NO4S3. The van der Waals surface area contributed by atoms with Gasteiger partial charge in [-0.3, -0.25) is 4.79 Å². The van der Waals surface area contributed by atoms with Gasteiger partial charge in [0.05, 0.1) is 16.9 Å². The number of sulfonamides is 1. The number of carbonyl (C=O) groups excluding carboxylic acids is 1. The molecule has 0 saturated heterocycles. The molecule has 3 aromatic rings. The summed E-state index contributed by atoms with van der Waals surface area (Å²) in [6.45, 7) is 3.87. The monoisotopic (exact) mass is 421 g/mol. The smallest absolute Gasteiger partial charge is 0.244 e. The van der Waals surface area contributed by atoms with Crippen LogP contribution in [0, 0.1) is 13.8 Å².